The van der Waals surface area contributed by atoms with Crippen molar-refractivity contribution in [3.8, 4) is 5.88 Å². The second-order valence-corrected chi connectivity index (χ2v) is 6.07. The van der Waals surface area contributed by atoms with Gasteiger partial charge in [-0.1, -0.05) is 38.2 Å². The first-order valence-electron chi connectivity index (χ1n) is 8.15. The van der Waals surface area contributed by atoms with Crippen LogP contribution in [0.15, 0.2) is 18.3 Å². The lowest BCUT2D eigenvalue weighted by Gasteiger charge is -2.22. The molecule has 1 saturated carbocycles. The summed E-state index contributed by atoms with van der Waals surface area (Å²) in [5, 5.41) is 13.3. The molecule has 0 amide bonds. The minimum absolute atomic E-state index is 0.238. The topological polar surface area (TPSA) is 54.4 Å². The molecule has 1 aliphatic carbocycles. The third-order valence-electron chi connectivity index (χ3n) is 4.35. The molecular formula is C17H28N2O2. The second kappa shape index (κ2) is 9.00. The van der Waals surface area contributed by atoms with Crippen LogP contribution in [0.4, 0.5) is 0 Å². The number of nitrogens with one attached hydrogen (secondary N) is 1. The summed E-state index contributed by atoms with van der Waals surface area (Å²) < 4.78 is 5.03. The van der Waals surface area contributed by atoms with Crippen molar-refractivity contribution in [2.45, 2.75) is 57.6 Å². The zero-order valence-electron chi connectivity index (χ0n) is 13.1. The Labute approximate surface area is 127 Å². The number of hydrogen-bond acceptors (Lipinski definition) is 4. The van der Waals surface area contributed by atoms with Gasteiger partial charge in [-0.25, -0.2) is 4.98 Å². The van der Waals surface area contributed by atoms with Crippen molar-refractivity contribution in [1.82, 2.24) is 10.3 Å². The summed E-state index contributed by atoms with van der Waals surface area (Å²) in [4.78, 5) is 4.17. The molecule has 0 spiro atoms. The number of rotatable bonds is 8. The van der Waals surface area contributed by atoms with Crippen LogP contribution in [0.2, 0.25) is 0 Å². The fraction of sp³-hybridized carbons (Fsp3) is 0.706. The molecular weight excluding hydrogens is 264 g/mol. The van der Waals surface area contributed by atoms with Crippen LogP contribution >= 0.6 is 0 Å². The first-order chi connectivity index (χ1) is 10.3. The van der Waals surface area contributed by atoms with Gasteiger partial charge in [0.25, 0.3) is 0 Å². The maximum Gasteiger partial charge on any atom is 0.212 e. The van der Waals surface area contributed by atoms with E-state index in [4.69, 9.17) is 4.74 Å². The van der Waals surface area contributed by atoms with Crippen LogP contribution in [0.25, 0.3) is 0 Å². The molecule has 1 heterocycles. The third-order valence-corrected chi connectivity index (χ3v) is 4.35. The Morgan fingerprint density at radius 3 is 2.81 bits per heavy atom. The van der Waals surface area contributed by atoms with Crippen LogP contribution < -0.4 is 10.1 Å². The fourth-order valence-electron chi connectivity index (χ4n) is 3.03. The van der Waals surface area contributed by atoms with Gasteiger partial charge in [0.15, 0.2) is 0 Å². The van der Waals surface area contributed by atoms with Crippen molar-refractivity contribution in [2.24, 2.45) is 5.92 Å². The summed E-state index contributed by atoms with van der Waals surface area (Å²) in [6.45, 7) is 1.39. The minimum atomic E-state index is -0.238. The molecule has 1 aromatic heterocycles. The molecule has 2 rings (SSSR count). The van der Waals surface area contributed by atoms with Gasteiger partial charge in [-0.2, -0.15) is 0 Å². The number of nitrogens with zero attached hydrogens (tertiary/aromatic N) is 1. The minimum Gasteiger partial charge on any atom is -0.481 e. The average molecular weight is 292 g/mol. The van der Waals surface area contributed by atoms with E-state index < -0.39 is 0 Å². The zero-order valence-corrected chi connectivity index (χ0v) is 13.1. The van der Waals surface area contributed by atoms with Gasteiger partial charge in [-0.05, 0) is 24.3 Å². The lowest BCUT2D eigenvalue weighted by atomic mass is 9.85. The number of aromatic nitrogens is 1. The van der Waals surface area contributed by atoms with Crippen molar-refractivity contribution in [1.29, 1.82) is 0 Å². The molecule has 1 atom stereocenters. The largest absolute Gasteiger partial charge is 0.481 e. The normalized spacial score (nSPS) is 17.6. The van der Waals surface area contributed by atoms with E-state index in [0.717, 1.165) is 24.4 Å². The van der Waals surface area contributed by atoms with Gasteiger partial charge in [-0.3, -0.25) is 0 Å². The molecule has 118 valence electrons. The van der Waals surface area contributed by atoms with Gasteiger partial charge < -0.3 is 15.2 Å². The van der Waals surface area contributed by atoms with E-state index in [1.807, 2.05) is 12.1 Å². The highest BCUT2D eigenvalue weighted by Crippen LogP contribution is 2.27. The maximum absolute atomic E-state index is 10.0. The van der Waals surface area contributed by atoms with Gasteiger partial charge in [0.05, 0.1) is 13.2 Å². The Balaban J connectivity index is 1.58. The Morgan fingerprint density at radius 1 is 1.33 bits per heavy atom. The Bertz CT molecular complexity index is 388. The van der Waals surface area contributed by atoms with Crippen molar-refractivity contribution in [3.63, 3.8) is 0 Å². The molecule has 21 heavy (non-hydrogen) atoms. The van der Waals surface area contributed by atoms with Crippen LogP contribution in [0, 0.1) is 5.92 Å². The summed E-state index contributed by atoms with van der Waals surface area (Å²) in [6, 6.07) is 3.85. The van der Waals surface area contributed by atoms with Gasteiger partial charge in [0.2, 0.25) is 5.88 Å². The highest BCUT2D eigenvalue weighted by Gasteiger charge is 2.14. The number of pyridine rings is 1. The predicted octanol–water partition coefficient (Wildman–Crippen LogP) is 2.90. The Hall–Kier alpha value is -1.13. The van der Waals surface area contributed by atoms with E-state index in [9.17, 15) is 5.11 Å². The molecule has 0 aliphatic heterocycles. The van der Waals surface area contributed by atoms with E-state index in [2.05, 4.69) is 10.3 Å². The fourth-order valence-corrected chi connectivity index (χ4v) is 3.03. The molecule has 0 saturated heterocycles. The van der Waals surface area contributed by atoms with Crippen molar-refractivity contribution >= 4 is 0 Å². The van der Waals surface area contributed by atoms with Crippen LogP contribution in [0.1, 0.15) is 50.5 Å². The van der Waals surface area contributed by atoms with Crippen LogP contribution in [0.5, 0.6) is 5.88 Å². The molecule has 4 nitrogen and oxygen atoms in total. The van der Waals surface area contributed by atoms with Crippen molar-refractivity contribution < 1.29 is 9.84 Å². The number of methoxy groups -OCH3 is 1. The van der Waals surface area contributed by atoms with Crippen LogP contribution in [0.3, 0.4) is 0 Å². The molecule has 0 bridgehead atoms. The SMILES string of the molecule is COc1ccc(CNCC(O)CCC2CCCCC2)cn1. The molecule has 1 unspecified atom stereocenters. The number of aliphatic hydroxyl groups excluding tert-OH is 1. The third kappa shape index (κ3) is 6.02. The first kappa shape index (κ1) is 16.2. The molecule has 0 radical (unpaired) electrons. The average Bonchev–Trinajstić information content (AvgIpc) is 2.54. The molecule has 2 N–H and O–H groups in total. The quantitative estimate of drug-likeness (QED) is 0.773. The van der Waals surface area contributed by atoms with Gasteiger partial charge in [-0.15, -0.1) is 0 Å². The lowest BCUT2D eigenvalue weighted by Crippen LogP contribution is -2.27. The number of hydrogen-bond donors (Lipinski definition) is 2. The summed E-state index contributed by atoms with van der Waals surface area (Å²) in [5.74, 6) is 1.48. The highest BCUT2D eigenvalue weighted by atomic mass is 16.5. The van der Waals surface area contributed by atoms with E-state index >= 15 is 0 Å². The first-order valence-corrected chi connectivity index (χ1v) is 8.15. The summed E-state index contributed by atoms with van der Waals surface area (Å²) in [7, 11) is 1.61. The molecule has 1 fully saturated rings. The van der Waals surface area contributed by atoms with E-state index in [1.54, 1.807) is 13.3 Å². The van der Waals surface area contributed by atoms with Crippen LogP contribution in [-0.4, -0.2) is 29.8 Å². The van der Waals surface area contributed by atoms with Gasteiger partial charge in [0, 0.05) is 25.4 Å². The van der Waals surface area contributed by atoms with Crippen molar-refractivity contribution in [3.05, 3.63) is 23.9 Å². The predicted molar refractivity (Wildman–Crippen MR) is 84.3 cm³/mol. The monoisotopic (exact) mass is 292 g/mol. The molecule has 0 aromatic carbocycles. The Morgan fingerprint density at radius 2 is 2.14 bits per heavy atom. The van der Waals surface area contributed by atoms with Crippen LogP contribution in [-0.2, 0) is 6.54 Å². The summed E-state index contributed by atoms with van der Waals surface area (Å²) in [6.07, 6.45) is 10.5. The summed E-state index contributed by atoms with van der Waals surface area (Å²) in [5.41, 5.74) is 1.11. The second-order valence-electron chi connectivity index (χ2n) is 6.07. The molecule has 1 aliphatic rings. The summed E-state index contributed by atoms with van der Waals surface area (Å²) >= 11 is 0. The zero-order chi connectivity index (χ0) is 14.9. The highest BCUT2D eigenvalue weighted by molar-refractivity contribution is 5.17. The smallest absolute Gasteiger partial charge is 0.212 e. The van der Waals surface area contributed by atoms with E-state index in [-0.39, 0.29) is 6.10 Å². The maximum atomic E-state index is 10.0. The van der Waals surface area contributed by atoms with Crippen molar-refractivity contribution in [2.75, 3.05) is 13.7 Å². The number of ether oxygens (including phenoxy) is 1. The van der Waals surface area contributed by atoms with Gasteiger partial charge >= 0.3 is 0 Å². The Kier molecular flexibility index (Phi) is 6.96. The standard InChI is InChI=1S/C17H28N2O2/c1-21-17-10-8-15(12-19-17)11-18-13-16(20)9-7-14-5-3-2-4-6-14/h8,10,12,14,16,18,20H,2-7,9,11,13H2,1H3. The lowest BCUT2D eigenvalue weighted by molar-refractivity contribution is 0.146. The van der Waals surface area contributed by atoms with E-state index in [0.29, 0.717) is 12.4 Å². The van der Waals surface area contributed by atoms with Gasteiger partial charge in [0.1, 0.15) is 0 Å². The number of aliphatic hydroxyl groups is 1. The molecule has 1 aromatic rings. The molecule has 4 heteroatoms. The van der Waals surface area contributed by atoms with E-state index in [1.165, 1.54) is 38.5 Å².